The molecule has 0 spiro atoms. The lowest BCUT2D eigenvalue weighted by molar-refractivity contribution is -0.131. The molecule has 0 radical (unpaired) electrons. The zero-order chi connectivity index (χ0) is 20.5. The van der Waals surface area contributed by atoms with Crippen molar-refractivity contribution in [3.8, 4) is 0 Å². The predicted octanol–water partition coefficient (Wildman–Crippen LogP) is 1.92. The molecule has 0 bridgehead atoms. The van der Waals surface area contributed by atoms with Crippen LogP contribution in [0.5, 0.6) is 0 Å². The summed E-state index contributed by atoms with van der Waals surface area (Å²) < 4.78 is 0. The van der Waals surface area contributed by atoms with E-state index in [0.29, 0.717) is 0 Å². The Labute approximate surface area is 166 Å². The van der Waals surface area contributed by atoms with Crippen molar-refractivity contribution in [2.45, 2.75) is 76.7 Å². The molecule has 0 aliphatic carbocycles. The van der Waals surface area contributed by atoms with E-state index in [9.17, 15) is 14.4 Å². The van der Waals surface area contributed by atoms with Gasteiger partial charge in [0.15, 0.2) is 0 Å². The number of hydrogen-bond donors (Lipinski definition) is 3. The van der Waals surface area contributed by atoms with Gasteiger partial charge in [-0.2, -0.15) is 0 Å². The third-order valence-corrected chi connectivity index (χ3v) is 5.24. The average Bonchev–Trinajstić information content (AvgIpc) is 2.80. The van der Waals surface area contributed by atoms with Gasteiger partial charge in [-0.3, -0.25) is 14.5 Å². The Balaban J connectivity index is 1.57. The van der Waals surface area contributed by atoms with Crippen molar-refractivity contribution in [3.05, 3.63) is 35.9 Å². The standard InChI is InChI=1S/C21H30N4O3/c1-20(2)11-15(12-21(3,4)24-20)22-17(26)10-16-18(27)25(19(28)23-16)13-14-8-6-5-7-9-14/h5-9,15-16,24H,10-13H2,1-4H3,(H,22,26)(H,23,28). The van der Waals surface area contributed by atoms with Gasteiger partial charge in [-0.05, 0) is 46.1 Å². The van der Waals surface area contributed by atoms with Gasteiger partial charge in [-0.15, -0.1) is 0 Å². The third kappa shape index (κ3) is 4.90. The number of piperidine rings is 1. The van der Waals surface area contributed by atoms with Crippen LogP contribution in [0.2, 0.25) is 0 Å². The Morgan fingerprint density at radius 2 is 1.71 bits per heavy atom. The number of amides is 4. The number of imide groups is 1. The summed E-state index contributed by atoms with van der Waals surface area (Å²) in [7, 11) is 0. The van der Waals surface area contributed by atoms with Gasteiger partial charge in [0, 0.05) is 17.1 Å². The molecular formula is C21H30N4O3. The van der Waals surface area contributed by atoms with Crippen molar-refractivity contribution in [1.29, 1.82) is 0 Å². The number of hydrogen-bond acceptors (Lipinski definition) is 4. The van der Waals surface area contributed by atoms with Gasteiger partial charge in [0.2, 0.25) is 5.91 Å². The normalized spacial score (nSPS) is 24.1. The van der Waals surface area contributed by atoms with Crippen molar-refractivity contribution < 1.29 is 14.4 Å². The summed E-state index contributed by atoms with van der Waals surface area (Å²) in [5, 5.41) is 9.28. The molecule has 152 valence electrons. The second-order valence-corrected chi connectivity index (χ2v) is 9.18. The lowest BCUT2D eigenvalue weighted by Crippen LogP contribution is -2.62. The number of carbonyl (C=O) groups is 3. The van der Waals surface area contributed by atoms with Crippen molar-refractivity contribution in [1.82, 2.24) is 20.9 Å². The first-order valence-electron chi connectivity index (χ1n) is 9.79. The number of nitrogens with one attached hydrogen (secondary N) is 3. The van der Waals surface area contributed by atoms with E-state index < -0.39 is 12.1 Å². The third-order valence-electron chi connectivity index (χ3n) is 5.24. The number of carbonyl (C=O) groups excluding carboxylic acids is 3. The van der Waals surface area contributed by atoms with E-state index in [-0.39, 0.29) is 41.9 Å². The molecule has 2 heterocycles. The molecule has 2 saturated heterocycles. The molecular weight excluding hydrogens is 356 g/mol. The summed E-state index contributed by atoms with van der Waals surface area (Å²) in [6, 6.07) is 8.11. The monoisotopic (exact) mass is 386 g/mol. The highest BCUT2D eigenvalue weighted by Gasteiger charge is 2.41. The van der Waals surface area contributed by atoms with Gasteiger partial charge >= 0.3 is 6.03 Å². The molecule has 1 aromatic carbocycles. The first kappa shape index (κ1) is 20.3. The molecule has 1 atom stereocenters. The van der Waals surface area contributed by atoms with Crippen molar-refractivity contribution >= 4 is 17.8 Å². The van der Waals surface area contributed by atoms with E-state index in [0.717, 1.165) is 18.4 Å². The maximum absolute atomic E-state index is 12.6. The van der Waals surface area contributed by atoms with Crippen molar-refractivity contribution in [2.24, 2.45) is 0 Å². The highest BCUT2D eigenvalue weighted by molar-refractivity contribution is 6.05. The maximum atomic E-state index is 12.6. The Hall–Kier alpha value is -2.41. The summed E-state index contributed by atoms with van der Waals surface area (Å²) >= 11 is 0. The molecule has 4 amide bonds. The Kier molecular flexibility index (Phi) is 5.48. The molecule has 2 aliphatic heterocycles. The van der Waals surface area contributed by atoms with Crippen LogP contribution in [0, 0.1) is 0 Å². The molecule has 28 heavy (non-hydrogen) atoms. The van der Waals surface area contributed by atoms with E-state index in [2.05, 4.69) is 43.6 Å². The maximum Gasteiger partial charge on any atom is 0.325 e. The second kappa shape index (κ2) is 7.54. The van der Waals surface area contributed by atoms with E-state index >= 15 is 0 Å². The lowest BCUT2D eigenvalue weighted by atomic mass is 9.79. The number of urea groups is 1. The van der Waals surface area contributed by atoms with Crippen LogP contribution in [0.15, 0.2) is 30.3 Å². The van der Waals surface area contributed by atoms with Crippen LogP contribution >= 0.6 is 0 Å². The molecule has 7 nitrogen and oxygen atoms in total. The van der Waals surface area contributed by atoms with E-state index in [1.807, 2.05) is 30.3 Å². The molecule has 3 rings (SSSR count). The highest BCUT2D eigenvalue weighted by atomic mass is 16.2. The largest absolute Gasteiger partial charge is 0.353 e. The van der Waals surface area contributed by atoms with Crippen LogP contribution in [0.25, 0.3) is 0 Å². The topological polar surface area (TPSA) is 90.5 Å². The molecule has 3 N–H and O–H groups in total. The minimum atomic E-state index is -0.807. The van der Waals surface area contributed by atoms with Gasteiger partial charge in [0.1, 0.15) is 6.04 Å². The fourth-order valence-electron chi connectivity index (χ4n) is 4.53. The molecule has 2 aliphatic rings. The number of nitrogens with zero attached hydrogens (tertiary/aromatic N) is 1. The molecule has 2 fully saturated rings. The molecule has 1 aromatic rings. The Morgan fingerprint density at radius 1 is 1.11 bits per heavy atom. The summed E-state index contributed by atoms with van der Waals surface area (Å²) in [6.07, 6.45) is 1.58. The van der Waals surface area contributed by atoms with Crippen molar-refractivity contribution in [3.63, 3.8) is 0 Å². The van der Waals surface area contributed by atoms with E-state index in [4.69, 9.17) is 0 Å². The van der Waals surface area contributed by atoms with Gasteiger partial charge in [-0.1, -0.05) is 30.3 Å². The minimum Gasteiger partial charge on any atom is -0.353 e. The van der Waals surface area contributed by atoms with Crippen LogP contribution in [0.1, 0.15) is 52.5 Å². The van der Waals surface area contributed by atoms with E-state index in [1.165, 1.54) is 4.90 Å². The molecule has 7 heteroatoms. The summed E-state index contributed by atoms with van der Waals surface area (Å²) in [4.78, 5) is 38.5. The van der Waals surface area contributed by atoms with Gasteiger partial charge < -0.3 is 16.0 Å². The smallest absolute Gasteiger partial charge is 0.325 e. The zero-order valence-electron chi connectivity index (χ0n) is 17.0. The fourth-order valence-corrected chi connectivity index (χ4v) is 4.53. The van der Waals surface area contributed by atoms with Crippen LogP contribution in [-0.2, 0) is 16.1 Å². The summed E-state index contributed by atoms with van der Waals surface area (Å²) in [5.74, 6) is -0.561. The SMILES string of the molecule is CC1(C)CC(NC(=O)CC2NC(=O)N(Cc3ccccc3)C2=O)CC(C)(C)N1. The van der Waals surface area contributed by atoms with Gasteiger partial charge in [0.25, 0.3) is 5.91 Å². The van der Waals surface area contributed by atoms with Crippen LogP contribution in [0.3, 0.4) is 0 Å². The van der Waals surface area contributed by atoms with Crippen LogP contribution < -0.4 is 16.0 Å². The zero-order valence-corrected chi connectivity index (χ0v) is 17.0. The quantitative estimate of drug-likeness (QED) is 0.675. The van der Waals surface area contributed by atoms with Gasteiger partial charge in [0.05, 0.1) is 13.0 Å². The van der Waals surface area contributed by atoms with Crippen molar-refractivity contribution in [2.75, 3.05) is 0 Å². The fraction of sp³-hybridized carbons (Fsp3) is 0.571. The second-order valence-electron chi connectivity index (χ2n) is 9.18. The summed E-state index contributed by atoms with van der Waals surface area (Å²) in [5.41, 5.74) is 0.711. The Morgan fingerprint density at radius 3 is 2.32 bits per heavy atom. The van der Waals surface area contributed by atoms with Crippen LogP contribution in [-0.4, -0.2) is 45.9 Å². The highest BCUT2D eigenvalue weighted by Crippen LogP contribution is 2.28. The molecule has 0 aromatic heterocycles. The van der Waals surface area contributed by atoms with Crippen LogP contribution in [0.4, 0.5) is 4.79 Å². The first-order valence-corrected chi connectivity index (χ1v) is 9.79. The number of benzene rings is 1. The number of rotatable bonds is 5. The molecule has 1 unspecified atom stereocenters. The molecule has 0 saturated carbocycles. The van der Waals surface area contributed by atoms with E-state index in [1.54, 1.807) is 0 Å². The predicted molar refractivity (Wildman–Crippen MR) is 106 cm³/mol. The average molecular weight is 386 g/mol. The first-order chi connectivity index (χ1) is 13.0. The Bertz CT molecular complexity index is 744. The lowest BCUT2D eigenvalue weighted by Gasteiger charge is -2.46. The van der Waals surface area contributed by atoms with Gasteiger partial charge in [-0.25, -0.2) is 4.79 Å². The summed E-state index contributed by atoms with van der Waals surface area (Å²) in [6.45, 7) is 8.69. The minimum absolute atomic E-state index is 0.0337.